The van der Waals surface area contributed by atoms with Gasteiger partial charge < -0.3 is 0 Å². The average Bonchev–Trinajstić information content (AvgIpc) is 3.16. The largest absolute Gasteiger partial charge is 0.203 e. The van der Waals surface area contributed by atoms with Crippen LogP contribution in [0.1, 0.15) is 66.8 Å². The fourth-order valence-corrected chi connectivity index (χ4v) is 5.82. The Morgan fingerprint density at radius 1 is 0.241 bits per heavy atom. The van der Waals surface area contributed by atoms with Gasteiger partial charge in [0.05, 0.1) is 0 Å². The standard InChI is InChI=1S/C22H16F6.C22H18F4/c1-11-3-5-13(19(25)17(11)23)9-15-7-8-16(22(28)21(15)27)10-14-6-4-12(2)18(24)20(14)26;1-13-3-9-17(21(25)19(13)23)11-15-5-7-16(8-6-15)12-18-10-4-14(2)20(24)22(18)26/h3-8H,9-10H2,1-2H3;3-10H,11-12H2,1-2H3. The van der Waals surface area contributed by atoms with Crippen LogP contribution in [-0.4, -0.2) is 0 Å². The van der Waals surface area contributed by atoms with Gasteiger partial charge in [-0.15, -0.1) is 0 Å². The molecule has 10 heteroatoms. The predicted octanol–water partition coefficient (Wildman–Crippen LogP) is 12.4. The molecule has 0 atom stereocenters. The Labute approximate surface area is 306 Å². The van der Waals surface area contributed by atoms with Crippen molar-refractivity contribution in [1.29, 1.82) is 0 Å². The molecule has 0 N–H and O–H groups in total. The van der Waals surface area contributed by atoms with Crippen LogP contribution in [0.15, 0.2) is 84.9 Å². The van der Waals surface area contributed by atoms with Gasteiger partial charge in [0.25, 0.3) is 0 Å². The molecule has 6 aromatic carbocycles. The molecule has 0 fully saturated rings. The molecule has 0 unspecified atom stereocenters. The Kier molecular flexibility index (Phi) is 12.3. The third-order valence-electron chi connectivity index (χ3n) is 9.24. The van der Waals surface area contributed by atoms with Gasteiger partial charge in [-0.05, 0) is 94.5 Å². The van der Waals surface area contributed by atoms with E-state index >= 15 is 0 Å². The Bertz CT molecular complexity index is 2160. The highest BCUT2D eigenvalue weighted by Crippen LogP contribution is 2.26. The lowest BCUT2D eigenvalue weighted by atomic mass is 9.97. The third kappa shape index (κ3) is 8.70. The number of hydrogen-bond acceptors (Lipinski definition) is 0. The van der Waals surface area contributed by atoms with Crippen molar-refractivity contribution in [2.24, 2.45) is 0 Å². The SMILES string of the molecule is Cc1ccc(Cc2ccc(Cc3ccc(C)c(F)c3F)c(F)c2F)c(F)c1F.Cc1ccc(Cc2ccc(Cc3ccc(C)c(F)c3F)cc2)c(F)c1F. The highest BCUT2D eigenvalue weighted by Gasteiger charge is 2.20. The molecule has 280 valence electrons. The van der Waals surface area contributed by atoms with Gasteiger partial charge in [0, 0.05) is 25.7 Å². The molecule has 0 saturated carbocycles. The van der Waals surface area contributed by atoms with Crippen molar-refractivity contribution in [3.63, 3.8) is 0 Å². The van der Waals surface area contributed by atoms with Crippen LogP contribution in [0.25, 0.3) is 0 Å². The zero-order valence-electron chi connectivity index (χ0n) is 29.7. The van der Waals surface area contributed by atoms with Crippen molar-refractivity contribution in [3.05, 3.63) is 210 Å². The topological polar surface area (TPSA) is 0 Å². The van der Waals surface area contributed by atoms with E-state index in [0.717, 1.165) is 11.1 Å². The van der Waals surface area contributed by atoms with Crippen LogP contribution >= 0.6 is 0 Å². The second kappa shape index (κ2) is 16.7. The molecular formula is C44H34F10. The molecule has 0 aliphatic heterocycles. The fourth-order valence-electron chi connectivity index (χ4n) is 5.82. The molecule has 0 nitrogen and oxygen atoms in total. The minimum atomic E-state index is -1.23. The summed E-state index contributed by atoms with van der Waals surface area (Å²) in [6.45, 7) is 5.82. The van der Waals surface area contributed by atoms with E-state index in [0.29, 0.717) is 0 Å². The second-order valence-electron chi connectivity index (χ2n) is 13.2. The molecule has 6 rings (SSSR count). The highest BCUT2D eigenvalue weighted by molar-refractivity contribution is 5.38. The maximum absolute atomic E-state index is 14.4. The molecule has 0 saturated heterocycles. The molecule has 0 aliphatic rings. The molecule has 0 aromatic heterocycles. The van der Waals surface area contributed by atoms with Crippen molar-refractivity contribution < 1.29 is 43.9 Å². The van der Waals surface area contributed by atoms with E-state index in [1.807, 2.05) is 0 Å². The first-order valence-corrected chi connectivity index (χ1v) is 16.8. The van der Waals surface area contributed by atoms with Crippen molar-refractivity contribution in [3.8, 4) is 0 Å². The van der Waals surface area contributed by atoms with Crippen LogP contribution in [0, 0.1) is 85.9 Å². The van der Waals surface area contributed by atoms with E-state index in [1.165, 1.54) is 64.1 Å². The van der Waals surface area contributed by atoms with Crippen LogP contribution < -0.4 is 0 Å². The minimum Gasteiger partial charge on any atom is -0.203 e. The predicted molar refractivity (Wildman–Crippen MR) is 188 cm³/mol. The molecule has 6 aromatic rings. The van der Waals surface area contributed by atoms with Crippen molar-refractivity contribution in [2.45, 2.75) is 53.4 Å². The summed E-state index contributed by atoms with van der Waals surface area (Å²) in [6, 6.07) is 21.2. The van der Waals surface area contributed by atoms with E-state index in [-0.39, 0.29) is 81.3 Å². The summed E-state index contributed by atoms with van der Waals surface area (Å²) in [4.78, 5) is 0. The summed E-state index contributed by atoms with van der Waals surface area (Å²) < 4.78 is 139. The highest BCUT2D eigenvalue weighted by atomic mass is 19.2. The number of aryl methyl sites for hydroxylation is 4. The molecular weight excluding hydrogens is 718 g/mol. The second-order valence-corrected chi connectivity index (χ2v) is 13.2. The van der Waals surface area contributed by atoms with Crippen molar-refractivity contribution in [2.75, 3.05) is 0 Å². The minimum absolute atomic E-state index is 0.107. The molecule has 0 spiro atoms. The van der Waals surface area contributed by atoms with Gasteiger partial charge in [-0.3, -0.25) is 0 Å². The molecule has 0 aliphatic carbocycles. The van der Waals surface area contributed by atoms with E-state index in [4.69, 9.17) is 0 Å². The summed E-state index contributed by atoms with van der Waals surface area (Å²) in [5.74, 6) is -10.1. The lowest BCUT2D eigenvalue weighted by Gasteiger charge is -2.11. The molecule has 0 amide bonds. The molecule has 54 heavy (non-hydrogen) atoms. The maximum atomic E-state index is 14.4. The van der Waals surface area contributed by atoms with E-state index in [1.54, 1.807) is 48.5 Å². The Morgan fingerprint density at radius 3 is 0.667 bits per heavy atom. The van der Waals surface area contributed by atoms with Gasteiger partial charge in [-0.1, -0.05) is 84.9 Å². The van der Waals surface area contributed by atoms with Gasteiger partial charge >= 0.3 is 0 Å². The number of hydrogen-bond donors (Lipinski definition) is 0. The first kappa shape index (κ1) is 39.8. The van der Waals surface area contributed by atoms with Crippen LogP contribution in [0.3, 0.4) is 0 Å². The fraction of sp³-hybridized carbons (Fsp3) is 0.182. The van der Waals surface area contributed by atoms with Gasteiger partial charge in [0.1, 0.15) is 0 Å². The van der Waals surface area contributed by atoms with E-state index in [2.05, 4.69) is 0 Å². The van der Waals surface area contributed by atoms with Gasteiger partial charge in [0.15, 0.2) is 58.2 Å². The lowest BCUT2D eigenvalue weighted by Crippen LogP contribution is -2.05. The molecule has 0 bridgehead atoms. The summed E-state index contributed by atoms with van der Waals surface area (Å²) in [7, 11) is 0. The van der Waals surface area contributed by atoms with Crippen LogP contribution in [-0.2, 0) is 25.7 Å². The van der Waals surface area contributed by atoms with Gasteiger partial charge in [-0.2, -0.15) is 0 Å². The summed E-state index contributed by atoms with van der Waals surface area (Å²) in [5.41, 5.74) is 2.39. The van der Waals surface area contributed by atoms with E-state index in [9.17, 15) is 43.9 Å². The smallest absolute Gasteiger partial charge is 0.162 e. The Morgan fingerprint density at radius 2 is 0.426 bits per heavy atom. The molecule has 0 heterocycles. The van der Waals surface area contributed by atoms with Crippen molar-refractivity contribution >= 4 is 0 Å². The summed E-state index contributed by atoms with van der Waals surface area (Å²) in [5, 5.41) is 0. The monoisotopic (exact) mass is 752 g/mol. The average molecular weight is 753 g/mol. The summed E-state index contributed by atoms with van der Waals surface area (Å²) >= 11 is 0. The first-order chi connectivity index (χ1) is 25.6. The zero-order chi connectivity index (χ0) is 39.4. The third-order valence-corrected chi connectivity index (χ3v) is 9.24. The number of rotatable bonds is 8. The normalized spacial score (nSPS) is 11.1. The van der Waals surface area contributed by atoms with Gasteiger partial charge in [0.2, 0.25) is 0 Å². The quantitative estimate of drug-likeness (QED) is 0.136. The Hall–Kier alpha value is -5.38. The molecule has 0 radical (unpaired) electrons. The lowest BCUT2D eigenvalue weighted by molar-refractivity contribution is 0.481. The number of benzene rings is 6. The van der Waals surface area contributed by atoms with Crippen molar-refractivity contribution in [1.82, 2.24) is 0 Å². The van der Waals surface area contributed by atoms with E-state index < -0.39 is 58.2 Å². The zero-order valence-corrected chi connectivity index (χ0v) is 29.7. The first-order valence-electron chi connectivity index (χ1n) is 16.8. The summed E-state index contributed by atoms with van der Waals surface area (Å²) in [6.07, 6.45) is -0.174. The maximum Gasteiger partial charge on any atom is 0.162 e. The Balaban J connectivity index is 0.000000208. The van der Waals surface area contributed by atoms with Crippen LogP contribution in [0.5, 0.6) is 0 Å². The van der Waals surface area contributed by atoms with Gasteiger partial charge in [-0.25, -0.2) is 43.9 Å². The number of halogens is 10. The van der Waals surface area contributed by atoms with Crippen LogP contribution in [0.4, 0.5) is 43.9 Å². The van der Waals surface area contributed by atoms with Crippen LogP contribution in [0.2, 0.25) is 0 Å².